The number of nitrogens with zero attached hydrogens (tertiary/aromatic N) is 3. The van der Waals surface area contributed by atoms with Gasteiger partial charge >= 0.3 is 0 Å². The highest BCUT2D eigenvalue weighted by molar-refractivity contribution is 6.05. The minimum atomic E-state index is -0.161. The van der Waals surface area contributed by atoms with Crippen LogP contribution in [-0.4, -0.2) is 29.1 Å². The Labute approximate surface area is 174 Å². The topological polar surface area (TPSA) is 59.4 Å². The third-order valence-corrected chi connectivity index (χ3v) is 5.49. The van der Waals surface area contributed by atoms with Crippen LogP contribution >= 0.6 is 0 Å². The Morgan fingerprint density at radius 2 is 1.80 bits per heavy atom. The summed E-state index contributed by atoms with van der Waals surface area (Å²) in [6, 6.07) is 23.3. The minimum absolute atomic E-state index is 0.161. The number of carbonyl (C=O) groups excluding carboxylic acids is 1. The molecule has 0 saturated heterocycles. The standard InChI is InChI=1S/C24H22N4O2/c1-30-22-12-11-18(15-20(22)26-24(29)17-7-3-2-4-8-17)27-13-14-28-21-10-6-5-9-19(21)25-23(28)16-27/h2-12,15H,13-14,16H2,1H3,(H,26,29). The molecule has 30 heavy (non-hydrogen) atoms. The van der Waals surface area contributed by atoms with Crippen molar-refractivity contribution in [2.75, 3.05) is 23.9 Å². The number of anilines is 2. The molecule has 0 fully saturated rings. The maximum atomic E-state index is 12.6. The molecular weight excluding hydrogens is 376 g/mol. The molecule has 1 aliphatic heterocycles. The third-order valence-electron chi connectivity index (χ3n) is 5.49. The number of ether oxygens (including phenoxy) is 1. The molecule has 0 bridgehead atoms. The summed E-state index contributed by atoms with van der Waals surface area (Å²) in [6.07, 6.45) is 0. The average molecular weight is 398 g/mol. The molecule has 3 aromatic carbocycles. The highest BCUT2D eigenvalue weighted by atomic mass is 16.5. The van der Waals surface area contributed by atoms with Crippen LogP contribution in [0.4, 0.5) is 11.4 Å². The van der Waals surface area contributed by atoms with E-state index >= 15 is 0 Å². The van der Waals surface area contributed by atoms with Gasteiger partial charge in [0.2, 0.25) is 0 Å². The molecule has 1 N–H and O–H groups in total. The number of amides is 1. The molecule has 150 valence electrons. The van der Waals surface area contributed by atoms with Crippen molar-refractivity contribution in [2.45, 2.75) is 13.1 Å². The molecule has 1 aromatic heterocycles. The quantitative estimate of drug-likeness (QED) is 0.556. The van der Waals surface area contributed by atoms with Crippen LogP contribution in [-0.2, 0) is 13.1 Å². The number of hydrogen-bond donors (Lipinski definition) is 1. The molecule has 0 aliphatic carbocycles. The SMILES string of the molecule is COc1ccc(N2CCn3c(nc4ccccc43)C2)cc1NC(=O)c1ccccc1. The van der Waals surface area contributed by atoms with E-state index in [-0.39, 0.29) is 5.91 Å². The van der Waals surface area contributed by atoms with Gasteiger partial charge in [0, 0.05) is 24.3 Å². The summed E-state index contributed by atoms with van der Waals surface area (Å²) in [5.41, 5.74) is 4.50. The van der Waals surface area contributed by atoms with E-state index in [1.807, 2.05) is 42.5 Å². The number of methoxy groups -OCH3 is 1. The van der Waals surface area contributed by atoms with Gasteiger partial charge in [-0.3, -0.25) is 4.79 Å². The van der Waals surface area contributed by atoms with Gasteiger partial charge < -0.3 is 19.5 Å². The van der Waals surface area contributed by atoms with Gasteiger partial charge in [-0.05, 0) is 42.5 Å². The first-order chi connectivity index (χ1) is 14.7. The number of para-hydroxylation sites is 2. The molecule has 5 rings (SSSR count). The number of rotatable bonds is 4. The second-order valence-corrected chi connectivity index (χ2v) is 7.29. The van der Waals surface area contributed by atoms with Gasteiger partial charge in [0.1, 0.15) is 11.6 Å². The van der Waals surface area contributed by atoms with Crippen molar-refractivity contribution in [1.29, 1.82) is 0 Å². The fourth-order valence-corrected chi connectivity index (χ4v) is 3.96. The van der Waals surface area contributed by atoms with E-state index in [1.54, 1.807) is 19.2 Å². The summed E-state index contributed by atoms with van der Waals surface area (Å²) in [7, 11) is 1.61. The van der Waals surface area contributed by atoms with Crippen LogP contribution in [0.2, 0.25) is 0 Å². The molecule has 4 aromatic rings. The molecule has 6 nitrogen and oxygen atoms in total. The van der Waals surface area contributed by atoms with Gasteiger partial charge in [-0.25, -0.2) is 4.98 Å². The number of nitrogens with one attached hydrogen (secondary N) is 1. The van der Waals surface area contributed by atoms with Crippen LogP contribution in [0.1, 0.15) is 16.2 Å². The Bertz CT molecular complexity index is 1220. The number of carbonyl (C=O) groups is 1. The Morgan fingerprint density at radius 1 is 1.00 bits per heavy atom. The van der Waals surface area contributed by atoms with E-state index in [4.69, 9.17) is 9.72 Å². The lowest BCUT2D eigenvalue weighted by Gasteiger charge is -2.30. The Morgan fingerprint density at radius 3 is 2.63 bits per heavy atom. The summed E-state index contributed by atoms with van der Waals surface area (Å²) in [5.74, 6) is 1.52. The summed E-state index contributed by atoms with van der Waals surface area (Å²) in [4.78, 5) is 19.7. The molecule has 6 heteroatoms. The van der Waals surface area contributed by atoms with Crippen molar-refractivity contribution in [1.82, 2.24) is 9.55 Å². The van der Waals surface area contributed by atoms with Crippen LogP contribution in [0.3, 0.4) is 0 Å². The summed E-state index contributed by atoms with van der Waals surface area (Å²) in [6.45, 7) is 2.45. The van der Waals surface area contributed by atoms with Crippen molar-refractivity contribution in [3.8, 4) is 5.75 Å². The summed E-state index contributed by atoms with van der Waals surface area (Å²) >= 11 is 0. The Hall–Kier alpha value is -3.80. The van der Waals surface area contributed by atoms with E-state index < -0.39 is 0 Å². The first-order valence-electron chi connectivity index (χ1n) is 9.96. The molecular formula is C24H22N4O2. The van der Waals surface area contributed by atoms with Crippen LogP contribution in [0.5, 0.6) is 5.75 Å². The highest BCUT2D eigenvalue weighted by Gasteiger charge is 2.21. The first-order valence-corrected chi connectivity index (χ1v) is 9.96. The Kier molecular flexibility index (Phi) is 4.59. The lowest BCUT2D eigenvalue weighted by molar-refractivity contribution is 0.102. The highest BCUT2D eigenvalue weighted by Crippen LogP contribution is 2.32. The lowest BCUT2D eigenvalue weighted by Crippen LogP contribution is -2.33. The predicted octanol–water partition coefficient (Wildman–Crippen LogP) is 4.32. The molecule has 0 spiro atoms. The molecule has 0 saturated carbocycles. The largest absolute Gasteiger partial charge is 0.495 e. The van der Waals surface area contributed by atoms with E-state index in [1.165, 1.54) is 5.52 Å². The number of benzene rings is 3. The first kappa shape index (κ1) is 18.2. The summed E-state index contributed by atoms with van der Waals surface area (Å²) in [5, 5.41) is 2.99. The molecule has 0 radical (unpaired) electrons. The lowest BCUT2D eigenvalue weighted by atomic mass is 10.2. The smallest absolute Gasteiger partial charge is 0.255 e. The van der Waals surface area contributed by atoms with Crippen molar-refractivity contribution >= 4 is 28.3 Å². The molecule has 0 atom stereocenters. The van der Waals surface area contributed by atoms with E-state index in [0.717, 1.165) is 30.1 Å². The Balaban J connectivity index is 1.42. The van der Waals surface area contributed by atoms with E-state index in [2.05, 4.69) is 33.0 Å². The van der Waals surface area contributed by atoms with E-state index in [0.29, 0.717) is 23.5 Å². The normalized spacial score (nSPS) is 13.2. The van der Waals surface area contributed by atoms with Gasteiger partial charge in [-0.15, -0.1) is 0 Å². The maximum absolute atomic E-state index is 12.6. The number of aromatic nitrogens is 2. The zero-order chi connectivity index (χ0) is 20.5. The van der Waals surface area contributed by atoms with Crippen molar-refractivity contribution in [3.05, 3.63) is 84.2 Å². The number of hydrogen-bond acceptors (Lipinski definition) is 4. The number of fused-ring (bicyclic) bond motifs is 3. The zero-order valence-corrected chi connectivity index (χ0v) is 16.7. The maximum Gasteiger partial charge on any atom is 0.255 e. The molecule has 2 heterocycles. The van der Waals surface area contributed by atoms with Gasteiger partial charge in [0.25, 0.3) is 5.91 Å². The molecule has 1 aliphatic rings. The van der Waals surface area contributed by atoms with Crippen LogP contribution in [0.15, 0.2) is 72.8 Å². The summed E-state index contributed by atoms with van der Waals surface area (Å²) < 4.78 is 7.76. The van der Waals surface area contributed by atoms with Crippen LogP contribution in [0, 0.1) is 0 Å². The fraction of sp³-hybridized carbons (Fsp3) is 0.167. The van der Waals surface area contributed by atoms with Crippen molar-refractivity contribution in [3.63, 3.8) is 0 Å². The zero-order valence-electron chi connectivity index (χ0n) is 16.7. The number of imidazole rings is 1. The van der Waals surface area contributed by atoms with Gasteiger partial charge in [0.15, 0.2) is 0 Å². The predicted molar refractivity (Wildman–Crippen MR) is 118 cm³/mol. The van der Waals surface area contributed by atoms with Crippen LogP contribution < -0.4 is 15.0 Å². The van der Waals surface area contributed by atoms with Crippen molar-refractivity contribution in [2.24, 2.45) is 0 Å². The van der Waals surface area contributed by atoms with Gasteiger partial charge in [-0.2, -0.15) is 0 Å². The molecule has 0 unspecified atom stereocenters. The van der Waals surface area contributed by atoms with Crippen LogP contribution in [0.25, 0.3) is 11.0 Å². The average Bonchev–Trinajstić information content (AvgIpc) is 3.17. The molecule has 1 amide bonds. The van der Waals surface area contributed by atoms with Crippen molar-refractivity contribution < 1.29 is 9.53 Å². The monoisotopic (exact) mass is 398 g/mol. The van der Waals surface area contributed by atoms with Gasteiger partial charge in [-0.1, -0.05) is 30.3 Å². The van der Waals surface area contributed by atoms with E-state index in [9.17, 15) is 4.79 Å². The fourth-order valence-electron chi connectivity index (χ4n) is 3.96. The second-order valence-electron chi connectivity index (χ2n) is 7.29. The van der Waals surface area contributed by atoms with Gasteiger partial charge in [0.05, 0.1) is 30.4 Å². The third kappa shape index (κ3) is 3.26. The second kappa shape index (κ2) is 7.55. The minimum Gasteiger partial charge on any atom is -0.495 e.